The maximum atomic E-state index is 14.8. The van der Waals surface area contributed by atoms with Gasteiger partial charge in [0.15, 0.2) is 5.82 Å². The van der Waals surface area contributed by atoms with E-state index in [1.165, 1.54) is 53.6 Å². The summed E-state index contributed by atoms with van der Waals surface area (Å²) < 4.78 is 15.7. The Labute approximate surface area is 262 Å². The highest BCUT2D eigenvalue weighted by atomic mass is 35.5. The number of carboxylic acids is 1. The van der Waals surface area contributed by atoms with Crippen LogP contribution >= 0.6 is 11.6 Å². The van der Waals surface area contributed by atoms with Gasteiger partial charge in [-0.15, -0.1) is 0 Å². The second kappa shape index (κ2) is 12.2. The maximum absolute atomic E-state index is 14.8. The number of hydrogen-bond donors (Lipinski definition) is 3. The number of piperazine rings is 1. The van der Waals surface area contributed by atoms with Crippen molar-refractivity contribution < 1.29 is 23.9 Å². The van der Waals surface area contributed by atoms with Gasteiger partial charge in [-0.1, -0.05) is 29.8 Å². The summed E-state index contributed by atoms with van der Waals surface area (Å²) in [6, 6.07) is 14.5. The first kappa shape index (κ1) is 30.1. The smallest absolute Gasteiger partial charge is 0.335 e. The lowest BCUT2D eigenvalue weighted by Crippen LogP contribution is -2.48. The number of halogens is 2. The molecule has 45 heavy (non-hydrogen) atoms. The zero-order chi connectivity index (χ0) is 31.8. The molecular weight excluding hydrogens is 603 g/mol. The molecular formula is C32H30ClFN6O5. The highest BCUT2D eigenvalue weighted by Crippen LogP contribution is 2.37. The molecule has 1 aromatic heterocycles. The van der Waals surface area contributed by atoms with E-state index in [4.69, 9.17) is 11.6 Å². The fourth-order valence-electron chi connectivity index (χ4n) is 5.92. The van der Waals surface area contributed by atoms with Gasteiger partial charge in [-0.3, -0.25) is 19.5 Å². The van der Waals surface area contributed by atoms with Crippen molar-refractivity contribution in [2.24, 2.45) is 0 Å². The summed E-state index contributed by atoms with van der Waals surface area (Å²) in [5.74, 6) is -3.15. The van der Waals surface area contributed by atoms with E-state index in [-0.39, 0.29) is 28.4 Å². The quantitative estimate of drug-likeness (QED) is 0.295. The minimum atomic E-state index is -1.11. The van der Waals surface area contributed by atoms with Gasteiger partial charge in [0.05, 0.1) is 10.6 Å². The standard InChI is InChI=1S/C32H30ClFN6O5/c1-37-14-16-38(17-15-37)25-6-2-4-22-21(25)12-13-39(28(22)29(41)36-20-10-8-19(9-11-20)32(44)45)30(42)23-18-35-40(31(23)43)26-7-3-5-24(33)27(26)34/h2-11,18,28,35H,12-17H2,1H3,(H,36,41)(H,44,45). The van der Waals surface area contributed by atoms with Gasteiger partial charge in [0, 0.05) is 50.3 Å². The highest BCUT2D eigenvalue weighted by Gasteiger charge is 2.39. The third-order valence-electron chi connectivity index (χ3n) is 8.32. The average Bonchev–Trinajstić information content (AvgIpc) is 3.42. The number of benzene rings is 3. The number of carbonyl (C=O) groups excluding carboxylic acids is 2. The predicted octanol–water partition coefficient (Wildman–Crippen LogP) is 3.79. The number of carboxylic acid groups (broad SMARTS) is 1. The number of nitrogens with zero attached hydrogens (tertiary/aromatic N) is 4. The lowest BCUT2D eigenvalue weighted by Gasteiger charge is -2.40. The molecule has 2 aliphatic rings. The zero-order valence-corrected chi connectivity index (χ0v) is 25.1. The van der Waals surface area contributed by atoms with E-state index in [9.17, 15) is 28.7 Å². The molecule has 0 radical (unpaired) electrons. The van der Waals surface area contributed by atoms with Crippen LogP contribution in [0.25, 0.3) is 5.69 Å². The van der Waals surface area contributed by atoms with Crippen LogP contribution in [-0.2, 0) is 11.2 Å². The van der Waals surface area contributed by atoms with Crippen molar-refractivity contribution in [1.29, 1.82) is 0 Å². The largest absolute Gasteiger partial charge is 0.478 e. The number of carbonyl (C=O) groups is 3. The Bertz CT molecular complexity index is 1850. The van der Waals surface area contributed by atoms with Gasteiger partial charge in [-0.05, 0) is 67.1 Å². The van der Waals surface area contributed by atoms with Crippen molar-refractivity contribution >= 4 is 40.8 Å². The molecule has 3 aromatic carbocycles. The van der Waals surface area contributed by atoms with Crippen LogP contribution < -0.4 is 15.8 Å². The van der Waals surface area contributed by atoms with Crippen molar-refractivity contribution in [3.63, 3.8) is 0 Å². The molecule has 2 amide bonds. The molecule has 3 heterocycles. The van der Waals surface area contributed by atoms with E-state index < -0.39 is 35.2 Å². The number of aromatic nitrogens is 2. The van der Waals surface area contributed by atoms with Gasteiger partial charge in [-0.25, -0.2) is 13.9 Å². The molecule has 11 nitrogen and oxygen atoms in total. The molecule has 4 aromatic rings. The second-order valence-corrected chi connectivity index (χ2v) is 11.5. The number of H-pyrrole nitrogens is 1. The van der Waals surface area contributed by atoms with Crippen molar-refractivity contribution in [2.45, 2.75) is 12.5 Å². The summed E-state index contributed by atoms with van der Waals surface area (Å²) in [5, 5.41) is 14.5. The number of rotatable bonds is 6. The summed E-state index contributed by atoms with van der Waals surface area (Å²) in [4.78, 5) is 58.7. The van der Waals surface area contributed by atoms with Crippen LogP contribution in [0.1, 0.15) is 37.9 Å². The van der Waals surface area contributed by atoms with E-state index in [1.807, 2.05) is 18.2 Å². The van der Waals surface area contributed by atoms with Gasteiger partial charge in [-0.2, -0.15) is 0 Å². The number of fused-ring (bicyclic) bond motifs is 1. The molecule has 13 heteroatoms. The molecule has 0 saturated carbocycles. The van der Waals surface area contributed by atoms with Crippen molar-refractivity contribution in [2.75, 3.05) is 50.0 Å². The molecule has 0 spiro atoms. The molecule has 1 fully saturated rings. The molecule has 0 bridgehead atoms. The molecule has 2 aliphatic heterocycles. The Balaban J connectivity index is 1.38. The number of likely N-dealkylation sites (N-methyl/N-ethyl adjacent to an activating group) is 1. The molecule has 1 unspecified atom stereocenters. The lowest BCUT2D eigenvalue weighted by molar-refractivity contribution is -0.121. The van der Waals surface area contributed by atoms with Crippen molar-refractivity contribution in [3.8, 4) is 5.69 Å². The summed E-state index contributed by atoms with van der Waals surface area (Å²) >= 11 is 5.92. The molecule has 232 valence electrons. The fourth-order valence-corrected chi connectivity index (χ4v) is 6.09. The van der Waals surface area contributed by atoms with Crippen LogP contribution in [0.3, 0.4) is 0 Å². The van der Waals surface area contributed by atoms with E-state index in [0.29, 0.717) is 17.7 Å². The number of nitrogens with one attached hydrogen (secondary N) is 2. The Morgan fingerprint density at radius 3 is 2.36 bits per heavy atom. The van der Waals surface area contributed by atoms with Gasteiger partial charge in [0.2, 0.25) is 0 Å². The van der Waals surface area contributed by atoms with Gasteiger partial charge < -0.3 is 25.1 Å². The van der Waals surface area contributed by atoms with E-state index in [1.54, 1.807) is 0 Å². The third kappa shape index (κ3) is 5.69. The van der Waals surface area contributed by atoms with Crippen molar-refractivity contribution in [3.05, 3.63) is 110 Å². The zero-order valence-electron chi connectivity index (χ0n) is 24.3. The number of anilines is 2. The van der Waals surface area contributed by atoms with Crippen LogP contribution in [0.2, 0.25) is 5.02 Å². The minimum absolute atomic E-state index is 0.0597. The summed E-state index contributed by atoms with van der Waals surface area (Å²) in [5.41, 5.74) is 1.77. The topological polar surface area (TPSA) is 131 Å². The normalized spacial score (nSPS) is 16.7. The van der Waals surface area contributed by atoms with Crippen LogP contribution in [0.5, 0.6) is 0 Å². The molecule has 0 aliphatic carbocycles. The second-order valence-electron chi connectivity index (χ2n) is 11.1. The maximum Gasteiger partial charge on any atom is 0.335 e. The Kier molecular flexibility index (Phi) is 8.17. The van der Waals surface area contributed by atoms with Crippen LogP contribution in [-0.4, -0.2) is 82.2 Å². The Morgan fingerprint density at radius 1 is 0.956 bits per heavy atom. The SMILES string of the molecule is CN1CCN(c2cccc3c2CCN(C(=O)c2c[nH]n(-c4cccc(Cl)c4F)c2=O)C3C(=O)Nc2ccc(C(=O)O)cc2)CC1. The summed E-state index contributed by atoms with van der Waals surface area (Å²) in [6.07, 6.45) is 1.64. The van der Waals surface area contributed by atoms with Gasteiger partial charge in [0.25, 0.3) is 17.4 Å². The molecule has 3 N–H and O–H groups in total. The average molecular weight is 633 g/mol. The van der Waals surface area contributed by atoms with E-state index in [0.717, 1.165) is 42.1 Å². The van der Waals surface area contributed by atoms with Gasteiger partial charge in [0.1, 0.15) is 17.3 Å². The minimum Gasteiger partial charge on any atom is -0.478 e. The lowest BCUT2D eigenvalue weighted by atomic mass is 9.89. The number of aromatic amines is 1. The van der Waals surface area contributed by atoms with Crippen LogP contribution in [0.15, 0.2) is 71.7 Å². The Hall–Kier alpha value is -4.94. The highest BCUT2D eigenvalue weighted by molar-refractivity contribution is 6.30. The summed E-state index contributed by atoms with van der Waals surface area (Å²) in [7, 11) is 2.07. The first-order chi connectivity index (χ1) is 21.6. The molecule has 6 rings (SSSR count). The number of aromatic carboxylic acids is 1. The Morgan fingerprint density at radius 2 is 1.64 bits per heavy atom. The van der Waals surface area contributed by atoms with Gasteiger partial charge >= 0.3 is 5.97 Å². The van der Waals surface area contributed by atoms with Crippen molar-refractivity contribution in [1.82, 2.24) is 19.6 Å². The number of hydrogen-bond acceptors (Lipinski definition) is 6. The third-order valence-corrected chi connectivity index (χ3v) is 8.61. The monoisotopic (exact) mass is 632 g/mol. The van der Waals surface area contributed by atoms with E-state index in [2.05, 4.69) is 27.3 Å². The fraction of sp³-hybridized carbons (Fsp3) is 0.250. The number of amides is 2. The van der Waals surface area contributed by atoms with Crippen LogP contribution in [0.4, 0.5) is 15.8 Å². The van der Waals surface area contributed by atoms with Crippen LogP contribution in [0, 0.1) is 5.82 Å². The predicted molar refractivity (Wildman–Crippen MR) is 167 cm³/mol. The first-order valence-corrected chi connectivity index (χ1v) is 14.8. The van der Waals surface area contributed by atoms with E-state index >= 15 is 0 Å². The molecule has 1 saturated heterocycles. The molecule has 1 atom stereocenters. The first-order valence-electron chi connectivity index (χ1n) is 14.4. The summed E-state index contributed by atoms with van der Waals surface area (Å²) in [6.45, 7) is 3.54.